The van der Waals surface area contributed by atoms with Crippen molar-refractivity contribution in [2.24, 2.45) is 0 Å². The van der Waals surface area contributed by atoms with Gasteiger partial charge in [0, 0.05) is 24.6 Å². The van der Waals surface area contributed by atoms with Gasteiger partial charge < -0.3 is 10.1 Å². The molecule has 0 aliphatic heterocycles. The molecule has 0 bridgehead atoms. The van der Waals surface area contributed by atoms with Crippen molar-refractivity contribution in [1.29, 1.82) is 0 Å². The van der Waals surface area contributed by atoms with Gasteiger partial charge in [-0.25, -0.2) is 4.98 Å². The number of nitrogens with one attached hydrogen (secondary N) is 1. The van der Waals surface area contributed by atoms with Crippen LogP contribution in [0.5, 0.6) is 0 Å². The maximum atomic E-state index is 11.6. The summed E-state index contributed by atoms with van der Waals surface area (Å²) in [7, 11) is 0. The SMILES string of the molecule is CCOCc1cccc(Nc2nn3c(=O)ccnc3s2)c1. The van der Waals surface area contributed by atoms with E-state index in [4.69, 9.17) is 4.74 Å². The van der Waals surface area contributed by atoms with E-state index in [0.29, 0.717) is 23.3 Å². The van der Waals surface area contributed by atoms with Crippen LogP contribution in [-0.4, -0.2) is 21.2 Å². The Kier molecular flexibility index (Phi) is 3.94. The average molecular weight is 302 g/mol. The molecular weight excluding hydrogens is 288 g/mol. The maximum absolute atomic E-state index is 11.6. The topological polar surface area (TPSA) is 68.5 Å². The Labute approximate surface area is 125 Å². The number of rotatable bonds is 5. The molecule has 0 radical (unpaired) electrons. The highest BCUT2D eigenvalue weighted by Crippen LogP contribution is 2.22. The van der Waals surface area contributed by atoms with Crippen molar-refractivity contribution in [2.75, 3.05) is 11.9 Å². The first-order valence-corrected chi connectivity index (χ1v) is 7.36. The minimum atomic E-state index is -0.186. The molecule has 21 heavy (non-hydrogen) atoms. The number of anilines is 2. The Bertz CT molecular complexity index is 812. The fourth-order valence-corrected chi connectivity index (χ4v) is 2.67. The lowest BCUT2D eigenvalue weighted by atomic mass is 10.2. The molecule has 0 atom stereocenters. The Balaban J connectivity index is 1.84. The first-order chi connectivity index (χ1) is 10.3. The number of benzene rings is 1. The van der Waals surface area contributed by atoms with Crippen LogP contribution in [0.25, 0.3) is 4.96 Å². The molecule has 2 heterocycles. The number of nitrogens with zero attached hydrogens (tertiary/aromatic N) is 3. The van der Waals surface area contributed by atoms with Gasteiger partial charge >= 0.3 is 0 Å². The molecule has 0 aliphatic rings. The molecule has 108 valence electrons. The number of hydrogen-bond acceptors (Lipinski definition) is 6. The van der Waals surface area contributed by atoms with E-state index in [-0.39, 0.29) is 5.56 Å². The standard InChI is InChI=1S/C14H14N4O2S/c1-2-20-9-10-4-3-5-11(8-10)16-13-17-18-12(19)6-7-15-14(18)21-13/h3-8H,2,9H2,1H3,(H,16,17). The van der Waals surface area contributed by atoms with E-state index in [1.807, 2.05) is 31.2 Å². The largest absolute Gasteiger partial charge is 0.377 e. The minimum Gasteiger partial charge on any atom is -0.377 e. The lowest BCUT2D eigenvalue weighted by molar-refractivity contribution is 0.134. The number of fused-ring (bicyclic) bond motifs is 1. The van der Waals surface area contributed by atoms with Crippen molar-refractivity contribution >= 4 is 27.1 Å². The molecule has 6 nitrogen and oxygen atoms in total. The summed E-state index contributed by atoms with van der Waals surface area (Å²) in [6.07, 6.45) is 1.49. The van der Waals surface area contributed by atoms with Crippen LogP contribution >= 0.6 is 11.3 Å². The van der Waals surface area contributed by atoms with Gasteiger partial charge in [-0.3, -0.25) is 4.79 Å². The Hall–Kier alpha value is -2.25. The number of hydrogen-bond donors (Lipinski definition) is 1. The molecule has 0 saturated heterocycles. The molecule has 3 aromatic rings. The molecule has 0 aliphatic carbocycles. The third kappa shape index (κ3) is 3.09. The quantitative estimate of drug-likeness (QED) is 0.784. The van der Waals surface area contributed by atoms with E-state index in [0.717, 1.165) is 11.3 Å². The van der Waals surface area contributed by atoms with E-state index in [9.17, 15) is 4.79 Å². The zero-order valence-electron chi connectivity index (χ0n) is 11.4. The maximum Gasteiger partial charge on any atom is 0.275 e. The summed E-state index contributed by atoms with van der Waals surface area (Å²) in [6.45, 7) is 3.23. The number of aromatic nitrogens is 3. The second-order valence-corrected chi connectivity index (χ2v) is 5.30. The van der Waals surface area contributed by atoms with Crippen molar-refractivity contribution in [1.82, 2.24) is 14.6 Å². The fraction of sp³-hybridized carbons (Fsp3) is 0.214. The summed E-state index contributed by atoms with van der Waals surface area (Å²) in [6, 6.07) is 9.29. The summed E-state index contributed by atoms with van der Waals surface area (Å²) in [5, 5.41) is 8.03. The van der Waals surface area contributed by atoms with Gasteiger partial charge in [-0.15, -0.1) is 5.10 Å². The predicted octanol–water partition coefficient (Wildman–Crippen LogP) is 2.43. The molecule has 0 saturated carbocycles. The van der Waals surface area contributed by atoms with Crippen LogP contribution in [0, 0.1) is 0 Å². The molecule has 7 heteroatoms. The van der Waals surface area contributed by atoms with Gasteiger partial charge in [0.1, 0.15) is 0 Å². The van der Waals surface area contributed by atoms with Crippen LogP contribution in [0.1, 0.15) is 12.5 Å². The summed E-state index contributed by atoms with van der Waals surface area (Å²) < 4.78 is 6.68. The highest BCUT2D eigenvalue weighted by molar-refractivity contribution is 7.20. The lowest BCUT2D eigenvalue weighted by Gasteiger charge is -2.05. The smallest absolute Gasteiger partial charge is 0.275 e. The van der Waals surface area contributed by atoms with E-state index in [1.54, 1.807) is 0 Å². The van der Waals surface area contributed by atoms with E-state index in [2.05, 4.69) is 15.4 Å². The van der Waals surface area contributed by atoms with Crippen LogP contribution < -0.4 is 10.9 Å². The van der Waals surface area contributed by atoms with Crippen molar-refractivity contribution < 1.29 is 4.74 Å². The first-order valence-electron chi connectivity index (χ1n) is 6.55. The Morgan fingerprint density at radius 3 is 3.10 bits per heavy atom. The summed E-state index contributed by atoms with van der Waals surface area (Å²) in [5.41, 5.74) is 1.80. The molecule has 0 fully saturated rings. The number of ether oxygens (including phenoxy) is 1. The summed E-state index contributed by atoms with van der Waals surface area (Å²) in [5.74, 6) is 0. The minimum absolute atomic E-state index is 0.186. The highest BCUT2D eigenvalue weighted by atomic mass is 32.1. The van der Waals surface area contributed by atoms with Gasteiger partial charge in [0.05, 0.1) is 6.61 Å². The lowest BCUT2D eigenvalue weighted by Crippen LogP contribution is -2.12. The fourth-order valence-electron chi connectivity index (χ4n) is 1.88. The van der Waals surface area contributed by atoms with Crippen LogP contribution in [0.15, 0.2) is 41.3 Å². The van der Waals surface area contributed by atoms with Crippen LogP contribution in [0.3, 0.4) is 0 Å². The molecule has 1 N–H and O–H groups in total. The molecule has 1 aromatic carbocycles. The summed E-state index contributed by atoms with van der Waals surface area (Å²) in [4.78, 5) is 16.3. The monoisotopic (exact) mass is 302 g/mol. The van der Waals surface area contributed by atoms with Crippen LogP contribution in [0.4, 0.5) is 10.8 Å². The van der Waals surface area contributed by atoms with Gasteiger partial charge in [-0.1, -0.05) is 23.5 Å². The van der Waals surface area contributed by atoms with Gasteiger partial charge in [0.15, 0.2) is 0 Å². The molecule has 0 unspecified atom stereocenters. The normalized spacial score (nSPS) is 10.9. The Morgan fingerprint density at radius 1 is 1.38 bits per heavy atom. The first kappa shape index (κ1) is 13.7. The van der Waals surface area contributed by atoms with Gasteiger partial charge in [0.2, 0.25) is 10.1 Å². The second kappa shape index (κ2) is 6.02. The predicted molar refractivity (Wildman–Crippen MR) is 82.2 cm³/mol. The highest BCUT2D eigenvalue weighted by Gasteiger charge is 2.06. The Morgan fingerprint density at radius 2 is 2.29 bits per heavy atom. The summed E-state index contributed by atoms with van der Waals surface area (Å²) >= 11 is 1.33. The van der Waals surface area contributed by atoms with Gasteiger partial charge in [0.25, 0.3) is 5.56 Å². The van der Waals surface area contributed by atoms with Crippen molar-refractivity contribution in [3.8, 4) is 0 Å². The third-order valence-electron chi connectivity index (χ3n) is 2.82. The van der Waals surface area contributed by atoms with E-state index in [1.165, 1.54) is 28.1 Å². The molecule has 0 amide bonds. The van der Waals surface area contributed by atoms with E-state index >= 15 is 0 Å². The third-order valence-corrected chi connectivity index (χ3v) is 3.66. The van der Waals surface area contributed by atoms with Crippen molar-refractivity contribution in [3.05, 3.63) is 52.4 Å². The zero-order valence-corrected chi connectivity index (χ0v) is 12.3. The van der Waals surface area contributed by atoms with E-state index < -0.39 is 0 Å². The second-order valence-electron chi connectivity index (χ2n) is 4.35. The van der Waals surface area contributed by atoms with Gasteiger partial charge in [-0.2, -0.15) is 4.52 Å². The molecule has 2 aromatic heterocycles. The molecule has 3 rings (SSSR count). The van der Waals surface area contributed by atoms with Crippen molar-refractivity contribution in [2.45, 2.75) is 13.5 Å². The van der Waals surface area contributed by atoms with Crippen LogP contribution in [0.2, 0.25) is 0 Å². The zero-order chi connectivity index (χ0) is 14.7. The van der Waals surface area contributed by atoms with Gasteiger partial charge in [-0.05, 0) is 24.6 Å². The van der Waals surface area contributed by atoms with Crippen LogP contribution in [-0.2, 0) is 11.3 Å². The average Bonchev–Trinajstić information content (AvgIpc) is 2.89. The van der Waals surface area contributed by atoms with Crippen molar-refractivity contribution in [3.63, 3.8) is 0 Å². The molecular formula is C14H14N4O2S. The molecule has 0 spiro atoms.